The van der Waals surface area contributed by atoms with Gasteiger partial charge in [-0.15, -0.1) is 11.6 Å². The Bertz CT molecular complexity index is 289. The van der Waals surface area contributed by atoms with Crippen LogP contribution in [0.1, 0.15) is 24.8 Å². The maximum Gasteiger partial charge on any atom is 0.0339 e. The molecule has 0 radical (unpaired) electrons. The highest BCUT2D eigenvalue weighted by molar-refractivity contribution is 6.20. The van der Waals surface area contributed by atoms with Crippen LogP contribution in [-0.2, 0) is 6.54 Å². The van der Waals surface area contributed by atoms with E-state index < -0.39 is 0 Å². The first kappa shape index (κ1) is 10.9. The monoisotopic (exact) mass is 224 g/mol. The quantitative estimate of drug-likeness (QED) is 0.796. The molecule has 1 aliphatic carbocycles. The molecule has 2 atom stereocenters. The van der Waals surface area contributed by atoms with Gasteiger partial charge in [0, 0.05) is 24.3 Å². The summed E-state index contributed by atoms with van der Waals surface area (Å²) in [5, 5.41) is 3.89. The summed E-state index contributed by atoms with van der Waals surface area (Å²) >= 11 is 6.07. The van der Waals surface area contributed by atoms with Gasteiger partial charge in [-0.1, -0.05) is 0 Å². The van der Waals surface area contributed by atoms with Crippen LogP contribution in [0.4, 0.5) is 0 Å². The standard InChI is InChI=1S/C12H17ClN2/c13-12-2-1-11(7-12)9-15-8-10-3-5-14-6-4-10/h3-6,11-12,15H,1-2,7-9H2. The van der Waals surface area contributed by atoms with E-state index in [1.165, 1.54) is 24.8 Å². The number of nitrogens with one attached hydrogen (secondary N) is 1. The first-order valence-electron chi connectivity index (χ1n) is 5.58. The zero-order valence-electron chi connectivity index (χ0n) is 8.82. The minimum Gasteiger partial charge on any atom is -0.312 e. The summed E-state index contributed by atoms with van der Waals surface area (Å²) in [4.78, 5) is 4.00. The van der Waals surface area contributed by atoms with E-state index in [4.69, 9.17) is 11.6 Å². The Hall–Kier alpha value is -0.600. The van der Waals surface area contributed by atoms with Crippen LogP contribution >= 0.6 is 11.6 Å². The third kappa shape index (κ3) is 3.47. The smallest absolute Gasteiger partial charge is 0.0339 e. The van der Waals surface area contributed by atoms with Crippen LogP contribution in [0.25, 0.3) is 0 Å². The van der Waals surface area contributed by atoms with Gasteiger partial charge in [-0.3, -0.25) is 4.98 Å². The Balaban J connectivity index is 1.67. The zero-order chi connectivity index (χ0) is 10.5. The van der Waals surface area contributed by atoms with Gasteiger partial charge in [0.25, 0.3) is 0 Å². The van der Waals surface area contributed by atoms with Crippen LogP contribution in [0, 0.1) is 5.92 Å². The van der Waals surface area contributed by atoms with Crippen LogP contribution in [0.2, 0.25) is 0 Å². The van der Waals surface area contributed by atoms with Crippen molar-refractivity contribution < 1.29 is 0 Å². The fraction of sp³-hybridized carbons (Fsp3) is 0.583. The molecule has 0 spiro atoms. The molecule has 2 unspecified atom stereocenters. The van der Waals surface area contributed by atoms with Gasteiger partial charge in [-0.05, 0) is 49.4 Å². The first-order chi connectivity index (χ1) is 7.34. The Morgan fingerprint density at radius 1 is 1.33 bits per heavy atom. The molecule has 1 fully saturated rings. The average Bonchev–Trinajstić information content (AvgIpc) is 2.66. The molecule has 1 saturated carbocycles. The lowest BCUT2D eigenvalue weighted by Crippen LogP contribution is -2.21. The molecule has 1 aromatic rings. The van der Waals surface area contributed by atoms with E-state index in [0.717, 1.165) is 19.0 Å². The molecule has 1 aliphatic rings. The molecule has 3 heteroatoms. The van der Waals surface area contributed by atoms with Crippen LogP contribution in [-0.4, -0.2) is 16.9 Å². The van der Waals surface area contributed by atoms with Gasteiger partial charge in [-0.2, -0.15) is 0 Å². The van der Waals surface area contributed by atoms with Crippen molar-refractivity contribution in [1.82, 2.24) is 10.3 Å². The minimum atomic E-state index is 0.415. The summed E-state index contributed by atoms with van der Waals surface area (Å²) in [6, 6.07) is 4.10. The molecule has 0 saturated heterocycles. The van der Waals surface area contributed by atoms with Crippen LogP contribution in [0.3, 0.4) is 0 Å². The van der Waals surface area contributed by atoms with Gasteiger partial charge >= 0.3 is 0 Å². The van der Waals surface area contributed by atoms with E-state index in [-0.39, 0.29) is 0 Å². The predicted molar refractivity (Wildman–Crippen MR) is 62.9 cm³/mol. The topological polar surface area (TPSA) is 24.9 Å². The van der Waals surface area contributed by atoms with Crippen molar-refractivity contribution in [2.75, 3.05) is 6.54 Å². The summed E-state index contributed by atoms with van der Waals surface area (Å²) in [6.45, 7) is 2.03. The molecule has 0 amide bonds. The van der Waals surface area contributed by atoms with Crippen molar-refractivity contribution in [1.29, 1.82) is 0 Å². The average molecular weight is 225 g/mol. The molecule has 1 heterocycles. The molecule has 2 rings (SSSR count). The summed E-state index contributed by atoms with van der Waals surface area (Å²) < 4.78 is 0. The molecule has 2 nitrogen and oxygen atoms in total. The van der Waals surface area contributed by atoms with Crippen molar-refractivity contribution in [3.8, 4) is 0 Å². The molecule has 1 N–H and O–H groups in total. The maximum atomic E-state index is 6.07. The van der Waals surface area contributed by atoms with E-state index in [0.29, 0.717) is 5.38 Å². The zero-order valence-corrected chi connectivity index (χ0v) is 9.58. The predicted octanol–water partition coefficient (Wildman–Crippen LogP) is 2.58. The second-order valence-electron chi connectivity index (χ2n) is 4.26. The fourth-order valence-corrected chi connectivity index (χ4v) is 2.50. The number of pyridine rings is 1. The highest BCUT2D eigenvalue weighted by atomic mass is 35.5. The lowest BCUT2D eigenvalue weighted by molar-refractivity contribution is 0.490. The number of halogens is 1. The van der Waals surface area contributed by atoms with Crippen molar-refractivity contribution >= 4 is 11.6 Å². The number of rotatable bonds is 4. The minimum absolute atomic E-state index is 0.415. The number of hydrogen-bond donors (Lipinski definition) is 1. The van der Waals surface area contributed by atoms with Gasteiger partial charge in [0.15, 0.2) is 0 Å². The molecule has 0 aromatic carbocycles. The second-order valence-corrected chi connectivity index (χ2v) is 4.88. The van der Waals surface area contributed by atoms with Crippen LogP contribution in [0.15, 0.2) is 24.5 Å². The fourth-order valence-electron chi connectivity index (χ4n) is 2.12. The number of nitrogens with zero attached hydrogens (tertiary/aromatic N) is 1. The Morgan fingerprint density at radius 3 is 2.80 bits per heavy atom. The van der Waals surface area contributed by atoms with Crippen LogP contribution in [0.5, 0.6) is 0 Å². The third-order valence-electron chi connectivity index (χ3n) is 2.99. The summed E-state index contributed by atoms with van der Waals surface area (Å²) in [7, 11) is 0. The van der Waals surface area contributed by atoms with E-state index >= 15 is 0 Å². The van der Waals surface area contributed by atoms with Crippen molar-refractivity contribution in [2.24, 2.45) is 5.92 Å². The van der Waals surface area contributed by atoms with E-state index in [2.05, 4.69) is 10.3 Å². The Morgan fingerprint density at radius 2 is 2.13 bits per heavy atom. The van der Waals surface area contributed by atoms with Gasteiger partial charge in [0.1, 0.15) is 0 Å². The van der Waals surface area contributed by atoms with Crippen molar-refractivity contribution in [3.63, 3.8) is 0 Å². The van der Waals surface area contributed by atoms with Gasteiger partial charge in [-0.25, -0.2) is 0 Å². The largest absolute Gasteiger partial charge is 0.312 e. The Kier molecular flexibility index (Phi) is 3.98. The van der Waals surface area contributed by atoms with Crippen LogP contribution < -0.4 is 5.32 Å². The van der Waals surface area contributed by atoms with E-state index in [1.807, 2.05) is 24.5 Å². The normalized spacial score (nSPS) is 25.7. The molecule has 15 heavy (non-hydrogen) atoms. The summed E-state index contributed by atoms with van der Waals surface area (Å²) in [5.41, 5.74) is 1.30. The number of alkyl halides is 1. The second kappa shape index (κ2) is 5.47. The van der Waals surface area contributed by atoms with Crippen molar-refractivity contribution in [3.05, 3.63) is 30.1 Å². The molecular formula is C12H17ClN2. The lowest BCUT2D eigenvalue weighted by Gasteiger charge is -2.10. The van der Waals surface area contributed by atoms with E-state index in [9.17, 15) is 0 Å². The lowest BCUT2D eigenvalue weighted by atomic mass is 10.1. The SMILES string of the molecule is ClC1CCC(CNCc2ccncc2)C1. The first-order valence-corrected chi connectivity index (χ1v) is 6.02. The molecule has 1 aromatic heterocycles. The maximum absolute atomic E-state index is 6.07. The summed E-state index contributed by atoms with van der Waals surface area (Å²) in [6.07, 6.45) is 7.30. The molecule has 0 aliphatic heterocycles. The summed E-state index contributed by atoms with van der Waals surface area (Å²) in [5.74, 6) is 0.773. The van der Waals surface area contributed by atoms with Gasteiger partial charge in [0.05, 0.1) is 0 Å². The molecular weight excluding hydrogens is 208 g/mol. The third-order valence-corrected chi connectivity index (χ3v) is 3.39. The number of aromatic nitrogens is 1. The highest BCUT2D eigenvalue weighted by Crippen LogP contribution is 2.28. The molecule has 82 valence electrons. The van der Waals surface area contributed by atoms with Crippen molar-refractivity contribution in [2.45, 2.75) is 31.2 Å². The van der Waals surface area contributed by atoms with E-state index in [1.54, 1.807) is 0 Å². The highest BCUT2D eigenvalue weighted by Gasteiger charge is 2.21. The van der Waals surface area contributed by atoms with Gasteiger partial charge < -0.3 is 5.32 Å². The molecule has 0 bridgehead atoms. The number of hydrogen-bond acceptors (Lipinski definition) is 2. The Labute approximate surface area is 96.1 Å². The van der Waals surface area contributed by atoms with Gasteiger partial charge in [0.2, 0.25) is 0 Å².